The van der Waals surface area contributed by atoms with E-state index in [4.69, 9.17) is 4.74 Å². The number of benzene rings is 1. The van der Waals surface area contributed by atoms with Crippen molar-refractivity contribution in [3.63, 3.8) is 0 Å². The topological polar surface area (TPSA) is 26.3 Å². The first-order valence-electron chi connectivity index (χ1n) is 12.5. The van der Waals surface area contributed by atoms with Crippen LogP contribution in [0.15, 0.2) is 30.3 Å². The van der Waals surface area contributed by atoms with Crippen LogP contribution in [0, 0.1) is 5.92 Å². The second-order valence-electron chi connectivity index (χ2n) is 8.57. The van der Waals surface area contributed by atoms with E-state index in [0.717, 1.165) is 25.7 Å². The van der Waals surface area contributed by atoms with Gasteiger partial charge in [0, 0.05) is 0 Å². The predicted octanol–water partition coefficient (Wildman–Crippen LogP) is 8.28. The summed E-state index contributed by atoms with van der Waals surface area (Å²) in [6.07, 6.45) is 19.3. The Morgan fingerprint density at radius 2 is 1.24 bits per heavy atom. The van der Waals surface area contributed by atoms with Crippen LogP contribution < -0.4 is 0 Å². The first kappa shape index (κ1) is 25.7. The summed E-state index contributed by atoms with van der Waals surface area (Å²) in [4.78, 5) is 12.7. The van der Waals surface area contributed by atoms with Gasteiger partial charge >= 0.3 is 5.97 Å². The molecule has 29 heavy (non-hydrogen) atoms. The molecule has 0 saturated heterocycles. The number of carbonyl (C=O) groups excluding carboxylic acids is 1. The Labute approximate surface area is 180 Å². The lowest BCUT2D eigenvalue weighted by atomic mass is 9.94. The summed E-state index contributed by atoms with van der Waals surface area (Å²) in [5.41, 5.74) is 1.32. The van der Waals surface area contributed by atoms with Crippen LogP contribution in [-0.2, 0) is 16.0 Å². The fraction of sp³-hybridized carbons (Fsp3) is 0.741. The van der Waals surface area contributed by atoms with Crippen molar-refractivity contribution in [2.24, 2.45) is 5.92 Å². The third-order valence-corrected chi connectivity index (χ3v) is 5.84. The average molecular weight is 403 g/mol. The Balaban J connectivity index is 2.26. The predicted molar refractivity (Wildman–Crippen MR) is 125 cm³/mol. The van der Waals surface area contributed by atoms with Crippen molar-refractivity contribution in [2.45, 2.75) is 117 Å². The molecule has 1 aromatic rings. The first-order chi connectivity index (χ1) is 14.3. The van der Waals surface area contributed by atoms with E-state index in [9.17, 15) is 4.79 Å². The number of rotatable bonds is 19. The molecule has 1 aromatic carbocycles. The molecular weight excluding hydrogens is 356 g/mol. The molecular formula is C27H46O2. The van der Waals surface area contributed by atoms with Crippen LogP contribution in [0.25, 0.3) is 0 Å². The van der Waals surface area contributed by atoms with Gasteiger partial charge in [-0.2, -0.15) is 0 Å². The maximum Gasteiger partial charge on any atom is 0.308 e. The summed E-state index contributed by atoms with van der Waals surface area (Å²) < 4.78 is 5.68. The van der Waals surface area contributed by atoms with Gasteiger partial charge < -0.3 is 4.74 Å². The zero-order valence-electron chi connectivity index (χ0n) is 19.3. The highest BCUT2D eigenvalue weighted by Crippen LogP contribution is 2.21. The summed E-state index contributed by atoms with van der Waals surface area (Å²) in [6, 6.07) is 10.5. The smallest absolute Gasteiger partial charge is 0.308 e. The van der Waals surface area contributed by atoms with E-state index in [-0.39, 0.29) is 11.9 Å². The Morgan fingerprint density at radius 3 is 1.79 bits per heavy atom. The van der Waals surface area contributed by atoms with Gasteiger partial charge in [-0.3, -0.25) is 4.79 Å². The van der Waals surface area contributed by atoms with Gasteiger partial charge in [0.15, 0.2) is 0 Å². The third kappa shape index (κ3) is 14.3. The molecule has 0 aliphatic carbocycles. The molecule has 0 fully saturated rings. The number of hydrogen-bond donors (Lipinski definition) is 0. The van der Waals surface area contributed by atoms with Crippen LogP contribution in [-0.4, -0.2) is 12.6 Å². The maximum atomic E-state index is 12.7. The molecule has 166 valence electrons. The molecule has 1 rings (SSSR count). The summed E-state index contributed by atoms with van der Waals surface area (Å²) in [5, 5.41) is 0. The Morgan fingerprint density at radius 1 is 0.724 bits per heavy atom. The minimum absolute atomic E-state index is 0.0551. The van der Waals surface area contributed by atoms with Crippen LogP contribution >= 0.6 is 0 Å². The number of aryl methyl sites for hydroxylation is 1. The minimum atomic E-state index is 0.0551. The Kier molecular flexibility index (Phi) is 16.6. The van der Waals surface area contributed by atoms with Crippen LogP contribution in [0.5, 0.6) is 0 Å². The summed E-state index contributed by atoms with van der Waals surface area (Å²) >= 11 is 0. The molecule has 0 aliphatic rings. The number of esters is 1. The number of ether oxygens (including phenoxy) is 1. The van der Waals surface area contributed by atoms with Gasteiger partial charge in [-0.25, -0.2) is 0 Å². The molecule has 0 heterocycles. The minimum Gasteiger partial charge on any atom is -0.465 e. The van der Waals surface area contributed by atoms with Crippen molar-refractivity contribution in [3.8, 4) is 0 Å². The highest BCUT2D eigenvalue weighted by molar-refractivity contribution is 5.72. The van der Waals surface area contributed by atoms with Crippen molar-refractivity contribution < 1.29 is 9.53 Å². The van der Waals surface area contributed by atoms with Gasteiger partial charge in [0.1, 0.15) is 0 Å². The molecule has 0 N–H and O–H groups in total. The van der Waals surface area contributed by atoms with Gasteiger partial charge in [-0.05, 0) is 31.2 Å². The highest BCUT2D eigenvalue weighted by Gasteiger charge is 2.19. The van der Waals surface area contributed by atoms with Crippen molar-refractivity contribution in [2.75, 3.05) is 6.61 Å². The summed E-state index contributed by atoms with van der Waals surface area (Å²) in [5.74, 6) is 0.170. The largest absolute Gasteiger partial charge is 0.465 e. The molecule has 0 spiro atoms. The molecule has 0 aromatic heterocycles. The molecule has 0 aliphatic heterocycles. The van der Waals surface area contributed by atoms with Crippen LogP contribution in [0.2, 0.25) is 0 Å². The highest BCUT2D eigenvalue weighted by atomic mass is 16.5. The fourth-order valence-electron chi connectivity index (χ4n) is 3.93. The van der Waals surface area contributed by atoms with E-state index < -0.39 is 0 Å². The number of carbonyl (C=O) groups is 1. The van der Waals surface area contributed by atoms with Crippen LogP contribution in [0.3, 0.4) is 0 Å². The van der Waals surface area contributed by atoms with E-state index in [1.54, 1.807) is 0 Å². The first-order valence-corrected chi connectivity index (χ1v) is 12.5. The molecule has 1 atom stereocenters. The van der Waals surface area contributed by atoms with Gasteiger partial charge in [0.2, 0.25) is 0 Å². The normalized spacial score (nSPS) is 12.1. The lowest BCUT2D eigenvalue weighted by Gasteiger charge is -2.16. The second-order valence-corrected chi connectivity index (χ2v) is 8.57. The summed E-state index contributed by atoms with van der Waals surface area (Å²) in [7, 11) is 0. The lowest BCUT2D eigenvalue weighted by molar-refractivity contribution is -0.149. The number of hydrogen-bond acceptors (Lipinski definition) is 2. The second kappa shape index (κ2) is 18.7. The lowest BCUT2D eigenvalue weighted by Crippen LogP contribution is -2.19. The average Bonchev–Trinajstić information content (AvgIpc) is 2.75. The molecule has 0 saturated carbocycles. The SMILES string of the molecule is CCCCCCCCCC(CCCCCCC)C(=O)OCCCc1ccccc1. The Bertz CT molecular complexity index is 483. The molecule has 1 unspecified atom stereocenters. The van der Waals surface area contributed by atoms with Crippen LogP contribution in [0.4, 0.5) is 0 Å². The molecule has 0 radical (unpaired) electrons. The van der Waals surface area contributed by atoms with E-state index in [0.29, 0.717) is 6.61 Å². The van der Waals surface area contributed by atoms with Crippen molar-refractivity contribution in [1.82, 2.24) is 0 Å². The molecule has 2 heteroatoms. The maximum absolute atomic E-state index is 12.7. The van der Waals surface area contributed by atoms with Gasteiger partial charge in [0.25, 0.3) is 0 Å². The fourth-order valence-corrected chi connectivity index (χ4v) is 3.93. The molecule has 0 bridgehead atoms. The van der Waals surface area contributed by atoms with Crippen molar-refractivity contribution in [3.05, 3.63) is 35.9 Å². The number of unbranched alkanes of at least 4 members (excludes halogenated alkanes) is 10. The van der Waals surface area contributed by atoms with Gasteiger partial charge in [0.05, 0.1) is 12.5 Å². The molecule has 0 amide bonds. The van der Waals surface area contributed by atoms with Gasteiger partial charge in [-0.1, -0.05) is 121 Å². The van der Waals surface area contributed by atoms with E-state index in [1.807, 2.05) is 6.07 Å². The third-order valence-electron chi connectivity index (χ3n) is 5.84. The van der Waals surface area contributed by atoms with Gasteiger partial charge in [-0.15, -0.1) is 0 Å². The molecule has 2 nitrogen and oxygen atoms in total. The van der Waals surface area contributed by atoms with E-state index in [2.05, 4.69) is 38.1 Å². The van der Waals surface area contributed by atoms with E-state index in [1.165, 1.54) is 82.6 Å². The monoisotopic (exact) mass is 402 g/mol. The zero-order chi connectivity index (χ0) is 21.0. The Hall–Kier alpha value is -1.31. The summed E-state index contributed by atoms with van der Waals surface area (Å²) in [6.45, 7) is 5.06. The zero-order valence-corrected chi connectivity index (χ0v) is 19.3. The van der Waals surface area contributed by atoms with Crippen molar-refractivity contribution in [1.29, 1.82) is 0 Å². The van der Waals surface area contributed by atoms with Crippen molar-refractivity contribution >= 4 is 5.97 Å². The standard InChI is InChI=1S/C27H46O2/c1-3-5-7-9-10-12-17-23-26(22-16-11-8-6-4-2)27(28)29-24-18-21-25-19-14-13-15-20-25/h13-15,19-20,26H,3-12,16-18,21-24H2,1-2H3. The quantitative estimate of drug-likeness (QED) is 0.172. The van der Waals surface area contributed by atoms with Crippen LogP contribution in [0.1, 0.15) is 116 Å². The van der Waals surface area contributed by atoms with E-state index >= 15 is 0 Å².